The number of carbonyl (C=O) groups is 2. The first kappa shape index (κ1) is 20.2. The molecule has 0 aliphatic carbocycles. The molecule has 1 aliphatic heterocycles. The number of ether oxygens (including phenoxy) is 2. The maximum Gasteiger partial charge on any atom is 0.237 e. The summed E-state index contributed by atoms with van der Waals surface area (Å²) in [4.78, 5) is 26.6. The molecular weight excluding hydrogens is 334 g/mol. The van der Waals surface area contributed by atoms with Gasteiger partial charge in [0.2, 0.25) is 11.8 Å². The minimum atomic E-state index is -0.465. The van der Waals surface area contributed by atoms with Crippen LogP contribution in [0.2, 0.25) is 0 Å². The lowest BCUT2D eigenvalue weighted by Crippen LogP contribution is -2.56. The Morgan fingerprint density at radius 1 is 1.31 bits per heavy atom. The van der Waals surface area contributed by atoms with E-state index in [1.165, 1.54) is 0 Å². The van der Waals surface area contributed by atoms with Crippen molar-refractivity contribution in [3.63, 3.8) is 0 Å². The summed E-state index contributed by atoms with van der Waals surface area (Å²) in [6.07, 6.45) is 0.143. The van der Waals surface area contributed by atoms with Gasteiger partial charge in [0.15, 0.2) is 0 Å². The van der Waals surface area contributed by atoms with Crippen LogP contribution in [0.15, 0.2) is 12.1 Å². The van der Waals surface area contributed by atoms with E-state index in [-0.39, 0.29) is 18.2 Å². The van der Waals surface area contributed by atoms with Crippen molar-refractivity contribution in [1.82, 2.24) is 15.5 Å². The number of benzene rings is 1. The third kappa shape index (κ3) is 4.95. The highest BCUT2D eigenvalue weighted by molar-refractivity contribution is 5.88. The molecule has 1 aliphatic rings. The molecule has 2 N–H and O–H groups in total. The third-order valence-corrected chi connectivity index (χ3v) is 4.89. The smallest absolute Gasteiger partial charge is 0.237 e. The zero-order chi connectivity index (χ0) is 19.1. The fourth-order valence-corrected chi connectivity index (χ4v) is 3.18. The van der Waals surface area contributed by atoms with E-state index in [2.05, 4.69) is 22.5 Å². The van der Waals surface area contributed by atoms with Crippen molar-refractivity contribution >= 4 is 11.8 Å². The van der Waals surface area contributed by atoms with E-state index in [1.54, 1.807) is 14.2 Å². The van der Waals surface area contributed by atoms with Crippen molar-refractivity contribution in [2.75, 3.05) is 40.5 Å². The molecule has 1 aromatic rings. The van der Waals surface area contributed by atoms with Gasteiger partial charge >= 0.3 is 0 Å². The number of nitrogens with zero attached hydrogens (tertiary/aromatic N) is 1. The molecule has 2 rings (SSSR count). The first-order valence-electron chi connectivity index (χ1n) is 8.88. The van der Waals surface area contributed by atoms with E-state index in [1.807, 2.05) is 19.1 Å². The van der Waals surface area contributed by atoms with Crippen LogP contribution in [0.1, 0.15) is 23.1 Å². The molecule has 144 valence electrons. The Bertz CT molecular complexity index is 648. The van der Waals surface area contributed by atoms with E-state index >= 15 is 0 Å². The summed E-state index contributed by atoms with van der Waals surface area (Å²) < 4.78 is 10.3. The van der Waals surface area contributed by atoms with Crippen LogP contribution in [0.5, 0.6) is 5.75 Å². The molecule has 0 spiro atoms. The van der Waals surface area contributed by atoms with Crippen molar-refractivity contribution < 1.29 is 19.1 Å². The van der Waals surface area contributed by atoms with Crippen molar-refractivity contribution in [2.24, 2.45) is 0 Å². The van der Waals surface area contributed by atoms with Crippen LogP contribution in [-0.2, 0) is 20.9 Å². The number of amides is 2. The average Bonchev–Trinajstić information content (AvgIpc) is 2.62. The van der Waals surface area contributed by atoms with Gasteiger partial charge in [0, 0.05) is 33.3 Å². The van der Waals surface area contributed by atoms with Crippen LogP contribution in [0.4, 0.5) is 0 Å². The zero-order valence-corrected chi connectivity index (χ0v) is 16.1. The van der Waals surface area contributed by atoms with Crippen molar-refractivity contribution in [3.8, 4) is 5.75 Å². The second-order valence-electron chi connectivity index (χ2n) is 6.50. The van der Waals surface area contributed by atoms with Gasteiger partial charge in [-0.25, -0.2) is 0 Å². The number of rotatable bonds is 8. The summed E-state index contributed by atoms with van der Waals surface area (Å²) in [7, 11) is 3.25. The summed E-state index contributed by atoms with van der Waals surface area (Å²) in [5, 5.41) is 5.64. The molecule has 7 nitrogen and oxygen atoms in total. The Morgan fingerprint density at radius 3 is 2.77 bits per heavy atom. The molecular formula is C19H29N3O4. The maximum atomic E-state index is 12.3. The highest BCUT2D eigenvalue weighted by Gasteiger charge is 2.31. The lowest BCUT2D eigenvalue weighted by molar-refractivity contribution is -0.134. The van der Waals surface area contributed by atoms with Gasteiger partial charge in [0.1, 0.15) is 5.75 Å². The minimum absolute atomic E-state index is 0.0963. The van der Waals surface area contributed by atoms with Crippen LogP contribution < -0.4 is 15.4 Å². The molecule has 1 aromatic carbocycles. The second kappa shape index (κ2) is 9.54. The average molecular weight is 363 g/mol. The van der Waals surface area contributed by atoms with Gasteiger partial charge in [-0.05, 0) is 36.6 Å². The largest absolute Gasteiger partial charge is 0.496 e. The quantitative estimate of drug-likeness (QED) is 0.667. The van der Waals surface area contributed by atoms with E-state index in [9.17, 15) is 9.59 Å². The lowest BCUT2D eigenvalue weighted by Gasteiger charge is -2.35. The van der Waals surface area contributed by atoms with Crippen LogP contribution >= 0.6 is 0 Å². The number of methoxy groups -OCH3 is 2. The normalized spacial score (nSPS) is 17.7. The molecule has 1 heterocycles. The van der Waals surface area contributed by atoms with E-state index in [0.717, 1.165) is 22.4 Å². The Morgan fingerprint density at radius 2 is 2.08 bits per heavy atom. The van der Waals surface area contributed by atoms with Gasteiger partial charge in [-0.2, -0.15) is 0 Å². The van der Waals surface area contributed by atoms with E-state index in [0.29, 0.717) is 32.8 Å². The van der Waals surface area contributed by atoms with Crippen LogP contribution in [-0.4, -0.2) is 63.2 Å². The van der Waals surface area contributed by atoms with Gasteiger partial charge in [0.05, 0.1) is 26.2 Å². The monoisotopic (exact) mass is 363 g/mol. The SMILES string of the molecule is COCCNC(=O)C[C@@H]1C(=O)NCCN1Cc1ccc(OC)c(C)c1C. The van der Waals surface area contributed by atoms with Crippen LogP contribution in [0.3, 0.4) is 0 Å². The molecule has 1 saturated heterocycles. The zero-order valence-electron chi connectivity index (χ0n) is 16.1. The maximum absolute atomic E-state index is 12.3. The van der Waals surface area contributed by atoms with Crippen molar-refractivity contribution in [3.05, 3.63) is 28.8 Å². The fraction of sp³-hybridized carbons (Fsp3) is 0.579. The van der Waals surface area contributed by atoms with E-state index < -0.39 is 6.04 Å². The number of piperazine rings is 1. The number of hydrogen-bond donors (Lipinski definition) is 2. The predicted octanol–water partition coefficient (Wildman–Crippen LogP) is 0.765. The van der Waals surface area contributed by atoms with Crippen LogP contribution in [0, 0.1) is 13.8 Å². The molecule has 0 aromatic heterocycles. The molecule has 1 atom stereocenters. The Hall–Kier alpha value is -2.12. The molecule has 0 bridgehead atoms. The van der Waals surface area contributed by atoms with Gasteiger partial charge in [-0.3, -0.25) is 14.5 Å². The standard InChI is InChI=1S/C19H29N3O4/c1-13-14(2)17(26-4)6-5-15(13)12-22-9-7-21-19(24)16(22)11-18(23)20-8-10-25-3/h5-6,16H,7-12H2,1-4H3,(H,20,23)(H,21,24)/t16-/m1/s1. The third-order valence-electron chi connectivity index (χ3n) is 4.89. The first-order valence-corrected chi connectivity index (χ1v) is 8.88. The summed E-state index contributed by atoms with van der Waals surface area (Å²) in [6.45, 7) is 6.92. The van der Waals surface area contributed by atoms with Crippen molar-refractivity contribution in [2.45, 2.75) is 32.9 Å². The Labute approximate surface area is 155 Å². The molecule has 0 radical (unpaired) electrons. The highest BCUT2D eigenvalue weighted by atomic mass is 16.5. The van der Waals surface area contributed by atoms with Gasteiger partial charge in [0.25, 0.3) is 0 Å². The minimum Gasteiger partial charge on any atom is -0.496 e. The summed E-state index contributed by atoms with van der Waals surface area (Å²) in [5.74, 6) is 0.620. The topological polar surface area (TPSA) is 79.9 Å². The summed E-state index contributed by atoms with van der Waals surface area (Å²) in [5.41, 5.74) is 3.39. The first-order chi connectivity index (χ1) is 12.5. The molecule has 2 amide bonds. The molecule has 0 saturated carbocycles. The van der Waals surface area contributed by atoms with E-state index in [4.69, 9.17) is 9.47 Å². The van der Waals surface area contributed by atoms with Gasteiger partial charge in [-0.15, -0.1) is 0 Å². The second-order valence-corrected chi connectivity index (χ2v) is 6.50. The van der Waals surface area contributed by atoms with Crippen molar-refractivity contribution in [1.29, 1.82) is 0 Å². The number of carbonyl (C=O) groups excluding carboxylic acids is 2. The summed E-state index contributed by atoms with van der Waals surface area (Å²) >= 11 is 0. The molecule has 1 fully saturated rings. The molecule has 26 heavy (non-hydrogen) atoms. The van der Waals surface area contributed by atoms with Gasteiger partial charge < -0.3 is 20.1 Å². The number of hydrogen-bond acceptors (Lipinski definition) is 5. The number of nitrogens with one attached hydrogen (secondary N) is 2. The predicted molar refractivity (Wildman–Crippen MR) is 99.2 cm³/mol. The molecule has 0 unspecified atom stereocenters. The highest BCUT2D eigenvalue weighted by Crippen LogP contribution is 2.25. The van der Waals surface area contributed by atoms with Crippen LogP contribution in [0.25, 0.3) is 0 Å². The lowest BCUT2D eigenvalue weighted by atomic mass is 10.00. The fourth-order valence-electron chi connectivity index (χ4n) is 3.18. The van der Waals surface area contributed by atoms with Gasteiger partial charge in [-0.1, -0.05) is 6.07 Å². The summed E-state index contributed by atoms with van der Waals surface area (Å²) in [6, 6.07) is 3.52. The Balaban J connectivity index is 2.09. The molecule has 7 heteroatoms. The Kier molecular flexibility index (Phi) is 7.41.